The second-order valence-electron chi connectivity index (χ2n) is 6.02. The Bertz CT molecular complexity index is 1170. The van der Waals surface area contributed by atoms with Crippen LogP contribution in [0.25, 0.3) is 17.2 Å². The number of benzene rings is 2. The van der Waals surface area contributed by atoms with Crippen molar-refractivity contribution in [1.82, 2.24) is 24.4 Å². The molecule has 0 saturated heterocycles. The number of nitrogens with one attached hydrogen (secondary N) is 1. The van der Waals surface area contributed by atoms with Gasteiger partial charge in [0.1, 0.15) is 5.75 Å². The Hall–Kier alpha value is -3.11. The topological polar surface area (TPSA) is 94.8 Å². The lowest BCUT2D eigenvalue weighted by Crippen LogP contribution is -2.11. The summed E-state index contributed by atoms with van der Waals surface area (Å²) >= 11 is 4.44. The van der Waals surface area contributed by atoms with Crippen LogP contribution in [-0.4, -0.2) is 37.4 Å². The van der Waals surface area contributed by atoms with E-state index in [9.17, 15) is 4.79 Å². The van der Waals surface area contributed by atoms with Crippen molar-refractivity contribution < 1.29 is 9.53 Å². The summed E-state index contributed by atoms with van der Waals surface area (Å²) in [7, 11) is 1.61. The number of nitrogens with zero attached hydrogens (tertiary/aromatic N) is 5. The molecular weight excluding hydrogens is 456 g/mol. The molecule has 0 saturated carbocycles. The summed E-state index contributed by atoms with van der Waals surface area (Å²) in [5.74, 6) is 0.883. The first-order valence-corrected chi connectivity index (χ1v) is 10.1. The van der Waals surface area contributed by atoms with E-state index in [1.165, 1.54) is 0 Å². The predicted octanol–water partition coefficient (Wildman–Crippen LogP) is 4.12. The number of hydrogen-bond donors (Lipinski definition) is 1. The standard InChI is InChI=1S/C19H15BrN6O2S/c1-11-16(23-25-26(11)14-4-3-5-15(10-14)28-2)17-21-19(29-24-17)22-18(27)12-6-8-13(20)9-7-12/h3-10H,1-2H3,(H,21,22,24,27). The van der Waals surface area contributed by atoms with Gasteiger partial charge in [0.2, 0.25) is 5.13 Å². The molecule has 10 heteroatoms. The van der Waals surface area contributed by atoms with Gasteiger partial charge in [-0.05, 0) is 43.3 Å². The lowest BCUT2D eigenvalue weighted by atomic mass is 10.2. The fourth-order valence-corrected chi connectivity index (χ4v) is 3.49. The first-order valence-electron chi connectivity index (χ1n) is 8.53. The summed E-state index contributed by atoms with van der Waals surface area (Å²) in [6.07, 6.45) is 0. The van der Waals surface area contributed by atoms with Gasteiger partial charge in [-0.2, -0.15) is 9.36 Å². The van der Waals surface area contributed by atoms with Crippen molar-refractivity contribution >= 4 is 38.5 Å². The van der Waals surface area contributed by atoms with Crippen molar-refractivity contribution in [2.45, 2.75) is 6.92 Å². The van der Waals surface area contributed by atoms with Crippen LogP contribution in [0.4, 0.5) is 5.13 Å². The van der Waals surface area contributed by atoms with Crippen LogP contribution in [-0.2, 0) is 0 Å². The fraction of sp³-hybridized carbons (Fsp3) is 0.105. The van der Waals surface area contributed by atoms with E-state index in [4.69, 9.17) is 4.74 Å². The predicted molar refractivity (Wildman–Crippen MR) is 114 cm³/mol. The van der Waals surface area contributed by atoms with Gasteiger partial charge in [-0.3, -0.25) is 10.1 Å². The van der Waals surface area contributed by atoms with E-state index in [2.05, 4.69) is 40.9 Å². The minimum Gasteiger partial charge on any atom is -0.497 e. The number of ether oxygens (including phenoxy) is 1. The number of aromatic nitrogens is 5. The van der Waals surface area contributed by atoms with Gasteiger partial charge in [0.25, 0.3) is 5.91 Å². The van der Waals surface area contributed by atoms with E-state index in [1.54, 1.807) is 36.1 Å². The minimum absolute atomic E-state index is 0.253. The Morgan fingerprint density at radius 1 is 1.21 bits per heavy atom. The molecular formula is C19H15BrN6O2S. The summed E-state index contributed by atoms with van der Waals surface area (Å²) in [6.45, 7) is 1.88. The third kappa shape index (κ3) is 4.03. The van der Waals surface area contributed by atoms with Crippen molar-refractivity contribution in [3.05, 3.63) is 64.3 Å². The molecule has 2 aromatic heterocycles. The summed E-state index contributed by atoms with van der Waals surface area (Å²) in [6, 6.07) is 14.6. The SMILES string of the molecule is COc1cccc(-n2nnc(-c3nsc(NC(=O)c4ccc(Br)cc4)n3)c2C)c1. The number of carbonyl (C=O) groups excluding carboxylic acids is 1. The molecule has 4 rings (SSSR count). The van der Waals surface area contributed by atoms with Crippen LogP contribution in [0.2, 0.25) is 0 Å². The maximum atomic E-state index is 12.4. The lowest BCUT2D eigenvalue weighted by Gasteiger charge is -2.05. The Balaban J connectivity index is 1.56. The Labute approximate surface area is 178 Å². The summed E-state index contributed by atoms with van der Waals surface area (Å²) in [5, 5.41) is 11.6. The fourth-order valence-electron chi connectivity index (χ4n) is 2.66. The van der Waals surface area contributed by atoms with Gasteiger partial charge >= 0.3 is 0 Å². The number of amides is 1. The molecule has 0 radical (unpaired) electrons. The molecule has 146 valence electrons. The van der Waals surface area contributed by atoms with Crippen LogP contribution in [0, 0.1) is 6.92 Å². The average molecular weight is 471 g/mol. The van der Waals surface area contributed by atoms with Crippen LogP contribution >= 0.6 is 27.5 Å². The molecule has 1 amide bonds. The Morgan fingerprint density at radius 2 is 2.00 bits per heavy atom. The normalized spacial score (nSPS) is 10.7. The maximum Gasteiger partial charge on any atom is 0.257 e. The molecule has 2 heterocycles. The van der Waals surface area contributed by atoms with Gasteiger partial charge in [-0.25, -0.2) is 4.68 Å². The van der Waals surface area contributed by atoms with Crippen molar-refractivity contribution in [3.63, 3.8) is 0 Å². The smallest absolute Gasteiger partial charge is 0.257 e. The van der Waals surface area contributed by atoms with Gasteiger partial charge < -0.3 is 4.74 Å². The summed E-state index contributed by atoms with van der Waals surface area (Å²) < 4.78 is 12.2. The first kappa shape index (κ1) is 19.2. The van der Waals surface area contributed by atoms with Crippen LogP contribution < -0.4 is 10.1 Å². The molecule has 0 bridgehead atoms. The van der Waals surface area contributed by atoms with Gasteiger partial charge in [0.15, 0.2) is 11.5 Å². The molecule has 0 unspecified atom stereocenters. The molecule has 0 aliphatic carbocycles. The largest absolute Gasteiger partial charge is 0.497 e. The number of halogens is 1. The third-order valence-electron chi connectivity index (χ3n) is 4.16. The molecule has 1 N–H and O–H groups in total. The highest BCUT2D eigenvalue weighted by molar-refractivity contribution is 9.10. The minimum atomic E-state index is -0.253. The van der Waals surface area contributed by atoms with Crippen LogP contribution in [0.5, 0.6) is 5.75 Å². The number of anilines is 1. The zero-order chi connectivity index (χ0) is 20.4. The third-order valence-corrected chi connectivity index (χ3v) is 5.32. The number of carbonyl (C=O) groups is 1. The van der Waals surface area contributed by atoms with E-state index >= 15 is 0 Å². The van der Waals surface area contributed by atoms with Crippen molar-refractivity contribution in [1.29, 1.82) is 0 Å². The highest BCUT2D eigenvalue weighted by atomic mass is 79.9. The van der Waals surface area contributed by atoms with Crippen LogP contribution in [0.1, 0.15) is 16.1 Å². The van der Waals surface area contributed by atoms with E-state index in [0.717, 1.165) is 33.1 Å². The number of hydrogen-bond acceptors (Lipinski definition) is 7. The van der Waals surface area contributed by atoms with Gasteiger partial charge in [0, 0.05) is 27.6 Å². The van der Waals surface area contributed by atoms with Gasteiger partial charge in [0.05, 0.1) is 18.5 Å². The second-order valence-corrected chi connectivity index (χ2v) is 7.69. The van der Waals surface area contributed by atoms with Crippen molar-refractivity contribution in [2.24, 2.45) is 0 Å². The van der Waals surface area contributed by atoms with E-state index in [-0.39, 0.29) is 5.91 Å². The number of rotatable bonds is 5. The highest BCUT2D eigenvalue weighted by Crippen LogP contribution is 2.25. The monoisotopic (exact) mass is 470 g/mol. The van der Waals surface area contributed by atoms with Crippen molar-refractivity contribution in [2.75, 3.05) is 12.4 Å². The molecule has 29 heavy (non-hydrogen) atoms. The molecule has 0 spiro atoms. The van der Waals surface area contributed by atoms with Gasteiger partial charge in [-0.15, -0.1) is 5.10 Å². The zero-order valence-electron chi connectivity index (χ0n) is 15.5. The molecule has 0 aliphatic heterocycles. The first-order chi connectivity index (χ1) is 14.0. The van der Waals surface area contributed by atoms with E-state index < -0.39 is 0 Å². The molecule has 2 aromatic carbocycles. The molecule has 4 aromatic rings. The molecule has 8 nitrogen and oxygen atoms in total. The van der Waals surface area contributed by atoms with E-state index in [1.807, 2.05) is 31.2 Å². The van der Waals surface area contributed by atoms with Gasteiger partial charge in [-0.1, -0.05) is 27.2 Å². The van der Waals surface area contributed by atoms with Crippen molar-refractivity contribution in [3.8, 4) is 23.0 Å². The lowest BCUT2D eigenvalue weighted by molar-refractivity contribution is 0.102. The second kappa shape index (κ2) is 8.10. The van der Waals surface area contributed by atoms with Crippen LogP contribution in [0.15, 0.2) is 53.0 Å². The summed E-state index contributed by atoms with van der Waals surface area (Å²) in [5.41, 5.74) is 2.68. The zero-order valence-corrected chi connectivity index (χ0v) is 17.9. The maximum absolute atomic E-state index is 12.4. The highest BCUT2D eigenvalue weighted by Gasteiger charge is 2.18. The quantitative estimate of drug-likeness (QED) is 0.471. The average Bonchev–Trinajstić information content (AvgIpc) is 3.34. The van der Waals surface area contributed by atoms with E-state index in [0.29, 0.717) is 22.2 Å². The summed E-state index contributed by atoms with van der Waals surface area (Å²) in [4.78, 5) is 16.7. The van der Waals surface area contributed by atoms with Crippen LogP contribution in [0.3, 0.4) is 0 Å². The number of methoxy groups -OCH3 is 1. The molecule has 0 aliphatic rings. The Kier molecular flexibility index (Phi) is 5.36. The Morgan fingerprint density at radius 3 is 2.76 bits per heavy atom. The molecule has 0 atom stereocenters. The molecule has 0 fully saturated rings.